The van der Waals surface area contributed by atoms with Gasteiger partial charge >= 0.3 is 0 Å². The molecule has 1 heterocycles. The third-order valence-corrected chi connectivity index (χ3v) is 3.93. The van der Waals surface area contributed by atoms with Gasteiger partial charge in [0.15, 0.2) is 0 Å². The number of likely N-dealkylation sites (tertiary alicyclic amines) is 1. The molecule has 1 N–H and O–H groups in total. The summed E-state index contributed by atoms with van der Waals surface area (Å²) in [5, 5.41) is 3.35. The number of nitrogens with zero attached hydrogens (tertiary/aromatic N) is 1. The molecule has 0 saturated carbocycles. The number of hydrogen-bond donors (Lipinski definition) is 1. The Hall–Kier alpha value is -0.120. The van der Waals surface area contributed by atoms with Crippen molar-refractivity contribution in [1.82, 2.24) is 10.2 Å². The van der Waals surface area contributed by atoms with Gasteiger partial charge in [0.1, 0.15) is 0 Å². The van der Waals surface area contributed by atoms with Crippen molar-refractivity contribution in [3.8, 4) is 0 Å². The monoisotopic (exact) mass is 242 g/mol. The zero-order valence-electron chi connectivity index (χ0n) is 12.1. The van der Waals surface area contributed by atoms with Crippen LogP contribution in [-0.4, -0.2) is 51.3 Å². The fourth-order valence-corrected chi connectivity index (χ4v) is 3.10. The Morgan fingerprint density at radius 1 is 1.35 bits per heavy atom. The second-order valence-corrected chi connectivity index (χ2v) is 5.80. The molecular weight excluding hydrogens is 212 g/mol. The molecule has 1 unspecified atom stereocenters. The first-order valence-corrected chi connectivity index (χ1v) is 7.03. The summed E-state index contributed by atoms with van der Waals surface area (Å²) in [6.45, 7) is 9.42. The standard InChI is InChI=1S/C14H30N2O/c1-5-8-14(2,11-15-3)12-16-9-6-13(17-4)7-10-16/h13,15H,5-12H2,1-4H3. The van der Waals surface area contributed by atoms with Gasteiger partial charge in [0.25, 0.3) is 0 Å². The van der Waals surface area contributed by atoms with Crippen molar-refractivity contribution < 1.29 is 4.74 Å². The van der Waals surface area contributed by atoms with E-state index in [4.69, 9.17) is 4.74 Å². The highest BCUT2D eigenvalue weighted by Crippen LogP contribution is 2.25. The molecule has 1 rings (SSSR count). The largest absolute Gasteiger partial charge is 0.381 e. The van der Waals surface area contributed by atoms with E-state index in [1.807, 2.05) is 7.11 Å². The SMILES string of the molecule is CCCC(C)(CNC)CN1CCC(OC)CC1. The van der Waals surface area contributed by atoms with Crippen molar-refractivity contribution in [2.24, 2.45) is 5.41 Å². The Balaban J connectivity index is 2.40. The highest BCUT2D eigenvalue weighted by Gasteiger charge is 2.28. The number of hydrogen-bond acceptors (Lipinski definition) is 3. The summed E-state index contributed by atoms with van der Waals surface area (Å²) >= 11 is 0. The maximum atomic E-state index is 5.43. The third kappa shape index (κ3) is 4.94. The van der Waals surface area contributed by atoms with E-state index >= 15 is 0 Å². The molecule has 1 saturated heterocycles. The second kappa shape index (κ2) is 7.34. The minimum absolute atomic E-state index is 0.420. The third-order valence-electron chi connectivity index (χ3n) is 3.93. The molecule has 3 nitrogen and oxygen atoms in total. The van der Waals surface area contributed by atoms with Gasteiger partial charge < -0.3 is 15.0 Å². The highest BCUT2D eigenvalue weighted by molar-refractivity contribution is 4.82. The van der Waals surface area contributed by atoms with E-state index in [0.29, 0.717) is 11.5 Å². The fraction of sp³-hybridized carbons (Fsp3) is 1.00. The molecule has 1 fully saturated rings. The van der Waals surface area contributed by atoms with Crippen molar-refractivity contribution in [3.05, 3.63) is 0 Å². The molecule has 17 heavy (non-hydrogen) atoms. The van der Waals surface area contributed by atoms with Crippen molar-refractivity contribution in [2.45, 2.75) is 45.6 Å². The Morgan fingerprint density at radius 3 is 2.47 bits per heavy atom. The summed E-state index contributed by atoms with van der Waals surface area (Å²) in [5.41, 5.74) is 0.420. The molecule has 0 spiro atoms. The molecule has 0 radical (unpaired) electrons. The normalized spacial score (nSPS) is 22.6. The average Bonchev–Trinajstić information content (AvgIpc) is 2.30. The first-order valence-electron chi connectivity index (χ1n) is 7.03. The van der Waals surface area contributed by atoms with Gasteiger partial charge in [-0.15, -0.1) is 0 Å². The van der Waals surface area contributed by atoms with Crippen molar-refractivity contribution >= 4 is 0 Å². The molecule has 1 aliphatic heterocycles. The van der Waals surface area contributed by atoms with Crippen LogP contribution in [0.25, 0.3) is 0 Å². The van der Waals surface area contributed by atoms with E-state index in [-0.39, 0.29) is 0 Å². The lowest BCUT2D eigenvalue weighted by atomic mass is 9.84. The van der Waals surface area contributed by atoms with Crippen molar-refractivity contribution in [3.63, 3.8) is 0 Å². The smallest absolute Gasteiger partial charge is 0.0595 e. The number of methoxy groups -OCH3 is 1. The van der Waals surface area contributed by atoms with Gasteiger partial charge in [-0.2, -0.15) is 0 Å². The quantitative estimate of drug-likeness (QED) is 0.740. The topological polar surface area (TPSA) is 24.5 Å². The molecule has 0 amide bonds. The van der Waals surface area contributed by atoms with Crippen LogP contribution in [0.4, 0.5) is 0 Å². The Bertz CT molecular complexity index is 194. The Morgan fingerprint density at radius 2 is 2.00 bits per heavy atom. The Kier molecular flexibility index (Phi) is 6.45. The summed E-state index contributed by atoms with van der Waals surface area (Å²) in [6, 6.07) is 0. The maximum Gasteiger partial charge on any atom is 0.0595 e. The molecule has 102 valence electrons. The molecule has 0 aliphatic carbocycles. The molecule has 1 atom stereocenters. The van der Waals surface area contributed by atoms with Crippen LogP contribution < -0.4 is 5.32 Å². The van der Waals surface area contributed by atoms with E-state index in [1.165, 1.54) is 45.3 Å². The number of piperidine rings is 1. The van der Waals surface area contributed by atoms with Crippen LogP contribution in [0.3, 0.4) is 0 Å². The molecule has 0 bridgehead atoms. The predicted octanol–water partition coefficient (Wildman–Crippen LogP) is 2.12. The van der Waals surface area contributed by atoms with Gasteiger partial charge in [-0.25, -0.2) is 0 Å². The first-order chi connectivity index (χ1) is 8.13. The maximum absolute atomic E-state index is 5.43. The summed E-state index contributed by atoms with van der Waals surface area (Å²) < 4.78 is 5.43. The van der Waals surface area contributed by atoms with Gasteiger partial charge in [-0.1, -0.05) is 20.3 Å². The Labute approximate surface area is 107 Å². The van der Waals surface area contributed by atoms with Crippen LogP contribution in [0.5, 0.6) is 0 Å². The summed E-state index contributed by atoms with van der Waals surface area (Å²) in [5.74, 6) is 0. The van der Waals surface area contributed by atoms with Crippen molar-refractivity contribution in [2.75, 3.05) is 40.3 Å². The van der Waals surface area contributed by atoms with Gasteiger partial charge in [0.05, 0.1) is 6.10 Å². The predicted molar refractivity (Wildman–Crippen MR) is 73.4 cm³/mol. The van der Waals surface area contributed by atoms with Gasteiger partial charge in [-0.05, 0) is 31.7 Å². The second-order valence-electron chi connectivity index (χ2n) is 5.80. The van der Waals surface area contributed by atoms with E-state index < -0.39 is 0 Å². The number of rotatable bonds is 7. The fourth-order valence-electron chi connectivity index (χ4n) is 3.10. The molecule has 0 aromatic heterocycles. The minimum Gasteiger partial charge on any atom is -0.381 e. The van der Waals surface area contributed by atoms with E-state index in [1.54, 1.807) is 0 Å². The van der Waals surface area contributed by atoms with E-state index in [9.17, 15) is 0 Å². The van der Waals surface area contributed by atoms with Gasteiger partial charge in [-0.3, -0.25) is 0 Å². The molecule has 1 aliphatic rings. The molecule has 0 aromatic rings. The van der Waals surface area contributed by atoms with Crippen LogP contribution in [-0.2, 0) is 4.74 Å². The lowest BCUT2D eigenvalue weighted by molar-refractivity contribution is 0.0270. The van der Waals surface area contributed by atoms with Gasteiger partial charge in [0, 0.05) is 33.3 Å². The van der Waals surface area contributed by atoms with Crippen molar-refractivity contribution in [1.29, 1.82) is 0 Å². The van der Waals surface area contributed by atoms with Crippen LogP contribution in [0.2, 0.25) is 0 Å². The van der Waals surface area contributed by atoms with Crippen LogP contribution in [0.1, 0.15) is 39.5 Å². The zero-order chi connectivity index (χ0) is 12.7. The first kappa shape index (κ1) is 14.9. The lowest BCUT2D eigenvalue weighted by Gasteiger charge is -2.39. The lowest BCUT2D eigenvalue weighted by Crippen LogP contribution is -2.45. The summed E-state index contributed by atoms with van der Waals surface area (Å²) in [4.78, 5) is 2.61. The van der Waals surface area contributed by atoms with Crippen LogP contribution in [0.15, 0.2) is 0 Å². The molecular formula is C14H30N2O. The van der Waals surface area contributed by atoms with Crippen LogP contribution >= 0.6 is 0 Å². The minimum atomic E-state index is 0.420. The van der Waals surface area contributed by atoms with E-state index in [0.717, 1.165) is 6.54 Å². The number of ether oxygens (including phenoxy) is 1. The number of nitrogens with one attached hydrogen (secondary N) is 1. The van der Waals surface area contributed by atoms with E-state index in [2.05, 4.69) is 31.1 Å². The van der Waals surface area contributed by atoms with Gasteiger partial charge in [0.2, 0.25) is 0 Å². The summed E-state index contributed by atoms with van der Waals surface area (Å²) in [7, 11) is 3.90. The summed E-state index contributed by atoms with van der Waals surface area (Å²) in [6.07, 6.45) is 5.45. The zero-order valence-corrected chi connectivity index (χ0v) is 12.1. The molecule has 3 heteroatoms. The van der Waals surface area contributed by atoms with Crippen LogP contribution in [0, 0.1) is 5.41 Å². The molecule has 0 aromatic carbocycles. The average molecular weight is 242 g/mol. The highest BCUT2D eigenvalue weighted by atomic mass is 16.5.